The van der Waals surface area contributed by atoms with E-state index in [2.05, 4.69) is 79.8 Å². The number of hydrogen-bond acceptors (Lipinski definition) is 6. The van der Waals surface area contributed by atoms with Crippen LogP contribution in [0.25, 0.3) is 10.9 Å². The Labute approximate surface area is 244 Å². The molecule has 0 unspecified atom stereocenters. The van der Waals surface area contributed by atoms with E-state index in [1.165, 1.54) is 11.1 Å². The number of aromatic nitrogens is 6. The number of nitrogens with zero attached hydrogens (tertiary/aromatic N) is 6. The summed E-state index contributed by atoms with van der Waals surface area (Å²) in [4.78, 5) is 23.6. The van der Waals surface area contributed by atoms with Gasteiger partial charge < -0.3 is 4.98 Å². The van der Waals surface area contributed by atoms with Gasteiger partial charge in [0.25, 0.3) is 5.56 Å². The first-order chi connectivity index (χ1) is 20.7. The maximum atomic E-state index is 13.9. The summed E-state index contributed by atoms with van der Waals surface area (Å²) in [6, 6.07) is 32.2. The molecule has 3 heterocycles. The van der Waals surface area contributed by atoms with Crippen molar-refractivity contribution >= 4 is 10.9 Å². The Kier molecular flexibility index (Phi) is 8.23. The molecule has 0 aliphatic carbocycles. The molecule has 210 valence electrons. The van der Waals surface area contributed by atoms with Crippen LogP contribution in [0.1, 0.15) is 46.6 Å². The number of aromatic amines is 1. The molecule has 0 saturated carbocycles. The van der Waals surface area contributed by atoms with Gasteiger partial charge in [-0.3, -0.25) is 14.7 Å². The lowest BCUT2D eigenvalue weighted by molar-refractivity contribution is 0.193. The molecule has 6 aromatic rings. The normalized spacial score (nSPS) is 12.1. The standard InChI is InChI=1S/C34H33N7O/c1-2-25-15-16-31-29(20-25)21-30(34(42)36-31)32(33-37-38-39-41(33)19-17-26-10-5-3-6-11-26)40(23-27-12-7-4-8-13-27)24-28-14-9-18-35-22-28/h3-16,18,20-22,32H,2,17,19,23-24H2,1H3,(H,36,42)/t32-/m0/s1. The number of benzene rings is 3. The van der Waals surface area contributed by atoms with E-state index in [0.717, 1.165) is 34.9 Å². The Morgan fingerprint density at radius 3 is 2.31 bits per heavy atom. The summed E-state index contributed by atoms with van der Waals surface area (Å²) in [5.74, 6) is 0.627. The maximum absolute atomic E-state index is 13.9. The highest BCUT2D eigenvalue weighted by Gasteiger charge is 2.31. The van der Waals surface area contributed by atoms with Crippen LogP contribution in [0.3, 0.4) is 0 Å². The summed E-state index contributed by atoms with van der Waals surface area (Å²) < 4.78 is 1.84. The Morgan fingerprint density at radius 1 is 0.833 bits per heavy atom. The van der Waals surface area contributed by atoms with Gasteiger partial charge in [0, 0.05) is 43.1 Å². The third-order valence-corrected chi connectivity index (χ3v) is 7.60. The van der Waals surface area contributed by atoms with Crippen molar-refractivity contribution in [3.63, 3.8) is 0 Å². The van der Waals surface area contributed by atoms with Crippen molar-refractivity contribution in [2.24, 2.45) is 0 Å². The number of hydrogen-bond donors (Lipinski definition) is 1. The van der Waals surface area contributed by atoms with Crippen LogP contribution in [0.4, 0.5) is 0 Å². The summed E-state index contributed by atoms with van der Waals surface area (Å²) >= 11 is 0. The fourth-order valence-corrected chi connectivity index (χ4v) is 5.42. The summed E-state index contributed by atoms with van der Waals surface area (Å²) in [6.45, 7) is 3.84. The van der Waals surface area contributed by atoms with Gasteiger partial charge in [-0.05, 0) is 75.2 Å². The molecule has 0 aliphatic heterocycles. The van der Waals surface area contributed by atoms with Crippen molar-refractivity contribution in [1.82, 2.24) is 35.1 Å². The minimum atomic E-state index is -0.519. The molecule has 0 aliphatic rings. The second-order valence-electron chi connectivity index (χ2n) is 10.5. The largest absolute Gasteiger partial charge is 0.322 e. The predicted octanol–water partition coefficient (Wildman–Crippen LogP) is 5.51. The zero-order chi connectivity index (χ0) is 28.7. The minimum absolute atomic E-state index is 0.154. The number of rotatable bonds is 11. The van der Waals surface area contributed by atoms with Crippen LogP contribution >= 0.6 is 0 Å². The van der Waals surface area contributed by atoms with Gasteiger partial charge >= 0.3 is 0 Å². The molecule has 3 aromatic carbocycles. The molecule has 42 heavy (non-hydrogen) atoms. The average Bonchev–Trinajstić information content (AvgIpc) is 3.49. The lowest BCUT2D eigenvalue weighted by Gasteiger charge is -2.31. The smallest absolute Gasteiger partial charge is 0.253 e. The van der Waals surface area contributed by atoms with Gasteiger partial charge in [0.15, 0.2) is 5.82 Å². The summed E-state index contributed by atoms with van der Waals surface area (Å²) in [5.41, 5.74) is 5.83. The topological polar surface area (TPSA) is 92.6 Å². The van der Waals surface area contributed by atoms with Crippen LogP contribution in [0.15, 0.2) is 114 Å². The van der Waals surface area contributed by atoms with Crippen molar-refractivity contribution in [2.45, 2.75) is 45.4 Å². The van der Waals surface area contributed by atoms with Gasteiger partial charge in [0.2, 0.25) is 0 Å². The Bertz CT molecular complexity index is 1760. The predicted molar refractivity (Wildman–Crippen MR) is 164 cm³/mol. The van der Waals surface area contributed by atoms with E-state index in [-0.39, 0.29) is 5.56 Å². The molecular weight excluding hydrogens is 522 g/mol. The lowest BCUT2D eigenvalue weighted by Crippen LogP contribution is -2.35. The van der Waals surface area contributed by atoms with Crippen molar-refractivity contribution in [3.8, 4) is 0 Å². The zero-order valence-corrected chi connectivity index (χ0v) is 23.6. The van der Waals surface area contributed by atoms with Crippen LogP contribution in [0, 0.1) is 0 Å². The Hall–Kier alpha value is -4.95. The average molecular weight is 556 g/mol. The molecule has 0 spiro atoms. The highest BCUT2D eigenvalue weighted by atomic mass is 16.1. The second kappa shape index (κ2) is 12.7. The highest BCUT2D eigenvalue weighted by Crippen LogP contribution is 2.30. The molecule has 0 fully saturated rings. The van der Waals surface area contributed by atoms with E-state index in [0.29, 0.717) is 31.0 Å². The van der Waals surface area contributed by atoms with Gasteiger partial charge in [-0.15, -0.1) is 5.10 Å². The Morgan fingerprint density at radius 2 is 1.57 bits per heavy atom. The molecule has 0 amide bonds. The molecule has 3 aromatic heterocycles. The van der Waals surface area contributed by atoms with Crippen molar-refractivity contribution in [1.29, 1.82) is 0 Å². The lowest BCUT2D eigenvalue weighted by atomic mass is 10.0. The van der Waals surface area contributed by atoms with Gasteiger partial charge in [0.05, 0.1) is 0 Å². The summed E-state index contributed by atoms with van der Waals surface area (Å²) in [6.07, 6.45) is 5.31. The van der Waals surface area contributed by atoms with Crippen molar-refractivity contribution < 1.29 is 0 Å². The van der Waals surface area contributed by atoms with Crippen LogP contribution in [0.5, 0.6) is 0 Å². The molecule has 0 saturated heterocycles. The molecule has 1 atom stereocenters. The number of tetrazole rings is 1. The first kappa shape index (κ1) is 27.2. The molecule has 0 radical (unpaired) electrons. The van der Waals surface area contributed by atoms with Crippen molar-refractivity contribution in [3.05, 3.63) is 153 Å². The first-order valence-electron chi connectivity index (χ1n) is 14.3. The quantitative estimate of drug-likeness (QED) is 0.227. The molecular formula is C34H33N7O. The number of H-pyrrole nitrogens is 1. The summed E-state index contributed by atoms with van der Waals surface area (Å²) in [5, 5.41) is 14.0. The monoisotopic (exact) mass is 555 g/mol. The van der Waals surface area contributed by atoms with E-state index in [9.17, 15) is 4.79 Å². The second-order valence-corrected chi connectivity index (χ2v) is 10.5. The van der Waals surface area contributed by atoms with E-state index < -0.39 is 6.04 Å². The molecule has 6 rings (SSSR count). The number of aryl methyl sites for hydroxylation is 3. The van der Waals surface area contributed by atoms with E-state index in [4.69, 9.17) is 0 Å². The molecule has 8 nitrogen and oxygen atoms in total. The van der Waals surface area contributed by atoms with Crippen LogP contribution in [-0.2, 0) is 32.5 Å². The summed E-state index contributed by atoms with van der Waals surface area (Å²) in [7, 11) is 0. The molecule has 1 N–H and O–H groups in total. The third-order valence-electron chi connectivity index (χ3n) is 7.60. The fourth-order valence-electron chi connectivity index (χ4n) is 5.42. The third kappa shape index (κ3) is 6.19. The van der Waals surface area contributed by atoms with E-state index in [1.54, 1.807) is 6.20 Å². The first-order valence-corrected chi connectivity index (χ1v) is 14.3. The van der Waals surface area contributed by atoms with Gasteiger partial charge in [-0.1, -0.05) is 79.7 Å². The maximum Gasteiger partial charge on any atom is 0.253 e. The number of pyridine rings is 2. The van der Waals surface area contributed by atoms with Crippen LogP contribution in [0.2, 0.25) is 0 Å². The van der Waals surface area contributed by atoms with Crippen LogP contribution in [-0.4, -0.2) is 35.1 Å². The zero-order valence-electron chi connectivity index (χ0n) is 23.6. The van der Waals surface area contributed by atoms with Crippen molar-refractivity contribution in [2.75, 3.05) is 0 Å². The van der Waals surface area contributed by atoms with Crippen LogP contribution < -0.4 is 5.56 Å². The Balaban J connectivity index is 1.49. The molecule has 0 bridgehead atoms. The van der Waals surface area contributed by atoms with Gasteiger partial charge in [-0.2, -0.15) is 0 Å². The molecule has 8 heteroatoms. The van der Waals surface area contributed by atoms with Gasteiger partial charge in [-0.25, -0.2) is 4.68 Å². The van der Waals surface area contributed by atoms with E-state index in [1.807, 2.05) is 65.5 Å². The number of nitrogens with one attached hydrogen (secondary N) is 1. The SMILES string of the molecule is CCc1ccc2[nH]c(=O)c([C@@H](c3nnnn3CCc3ccccc3)N(Cc3ccccc3)Cc3cccnc3)cc2c1. The number of fused-ring (bicyclic) bond motifs is 1. The van der Waals surface area contributed by atoms with Gasteiger partial charge in [0.1, 0.15) is 6.04 Å². The minimum Gasteiger partial charge on any atom is -0.322 e. The van der Waals surface area contributed by atoms with E-state index >= 15 is 0 Å². The highest BCUT2D eigenvalue weighted by molar-refractivity contribution is 5.80. The fraction of sp³-hybridized carbons (Fsp3) is 0.206.